The number of hydrogen-bond acceptors (Lipinski definition) is 1. The fraction of sp³-hybridized carbons (Fsp3) is 0.533. The maximum absolute atomic E-state index is 13.1. The minimum absolute atomic E-state index is 0.152. The van der Waals surface area contributed by atoms with Crippen molar-refractivity contribution < 1.29 is 9.18 Å². The average Bonchev–Trinajstić information content (AvgIpc) is 2.38. The molecule has 1 atom stereocenters. The van der Waals surface area contributed by atoms with Crippen molar-refractivity contribution in [2.45, 2.75) is 51.0 Å². The maximum Gasteiger partial charge on any atom is 0.218 e. The largest absolute Gasteiger partial charge is 0.353 e. The number of carbonyl (C=O) groups is 1. The first-order valence-electron chi connectivity index (χ1n) is 6.98. The quantitative estimate of drug-likeness (QED) is 0.840. The topological polar surface area (TPSA) is 29.1 Å². The molecule has 2 rings (SSSR count). The molecule has 0 aliphatic heterocycles. The van der Waals surface area contributed by atoms with Crippen molar-refractivity contribution in [2.24, 2.45) is 0 Å². The lowest BCUT2D eigenvalue weighted by Crippen LogP contribution is -2.54. The second kappa shape index (κ2) is 6.96. The third kappa shape index (κ3) is 4.12. The van der Waals surface area contributed by atoms with Gasteiger partial charge in [0.15, 0.2) is 0 Å². The van der Waals surface area contributed by atoms with Gasteiger partial charge in [-0.15, -0.1) is 0 Å². The Bertz CT molecular complexity index is 457. The van der Waals surface area contributed by atoms with Gasteiger partial charge in [-0.25, -0.2) is 0 Å². The van der Waals surface area contributed by atoms with Gasteiger partial charge in [0.1, 0.15) is 7.85 Å². The van der Waals surface area contributed by atoms with Crippen LogP contribution in [-0.4, -0.2) is 33.2 Å². The molecule has 1 unspecified atom stereocenters. The van der Waals surface area contributed by atoms with Gasteiger partial charge in [0.25, 0.3) is 0 Å². The van der Waals surface area contributed by atoms with Gasteiger partial charge in [0.2, 0.25) is 5.91 Å². The summed E-state index contributed by atoms with van der Waals surface area (Å²) in [6.45, 7) is 5.90. The second-order valence-corrected chi connectivity index (χ2v) is 4.98. The Hall–Kier alpha value is -1.25. The van der Waals surface area contributed by atoms with Gasteiger partial charge in [-0.05, 0) is 30.9 Å². The first kappa shape index (κ1) is 16.8. The normalized spacial score (nSPS) is 25.7. The SMILES string of the molecule is CC.[B]C(C(=O)NC1CC([B])(F)C1)c1ccccc1C. The Kier molecular flexibility index (Phi) is 5.85. The number of hydrogen-bond donors (Lipinski definition) is 1. The number of rotatable bonds is 3. The lowest BCUT2D eigenvalue weighted by Gasteiger charge is -2.40. The van der Waals surface area contributed by atoms with Crippen molar-refractivity contribution >= 4 is 21.6 Å². The predicted molar refractivity (Wildman–Crippen MR) is 81.8 cm³/mol. The summed E-state index contributed by atoms with van der Waals surface area (Å²) in [4.78, 5) is 11.9. The first-order valence-corrected chi connectivity index (χ1v) is 6.98. The van der Waals surface area contributed by atoms with Gasteiger partial charge < -0.3 is 5.32 Å². The number of alkyl halides is 1. The second-order valence-electron chi connectivity index (χ2n) is 4.98. The molecule has 2 nitrogen and oxygen atoms in total. The van der Waals surface area contributed by atoms with Gasteiger partial charge in [-0.3, -0.25) is 9.18 Å². The van der Waals surface area contributed by atoms with E-state index >= 15 is 0 Å². The van der Waals surface area contributed by atoms with E-state index in [-0.39, 0.29) is 24.8 Å². The van der Waals surface area contributed by atoms with Crippen LogP contribution in [0.4, 0.5) is 4.39 Å². The fourth-order valence-electron chi connectivity index (χ4n) is 2.23. The van der Waals surface area contributed by atoms with E-state index in [0.29, 0.717) is 0 Å². The summed E-state index contributed by atoms with van der Waals surface area (Å²) in [6, 6.07) is 7.25. The summed E-state index contributed by atoms with van der Waals surface area (Å²) in [7, 11) is 11.1. The van der Waals surface area contributed by atoms with Crippen LogP contribution in [0.5, 0.6) is 0 Å². The molecule has 1 amide bonds. The van der Waals surface area contributed by atoms with E-state index in [1.165, 1.54) is 0 Å². The third-order valence-electron chi connectivity index (χ3n) is 3.32. The molecule has 0 spiro atoms. The highest BCUT2D eigenvalue weighted by Gasteiger charge is 2.40. The molecule has 104 valence electrons. The molecule has 1 aromatic carbocycles. The molecule has 0 saturated heterocycles. The minimum atomic E-state index is -1.63. The summed E-state index contributed by atoms with van der Waals surface area (Å²) in [5, 5.41) is 2.71. The number of benzene rings is 1. The van der Waals surface area contributed by atoms with E-state index in [4.69, 9.17) is 15.7 Å². The number of halogens is 1. The molecule has 0 heterocycles. The van der Waals surface area contributed by atoms with E-state index in [0.717, 1.165) is 11.1 Å². The molecule has 0 aromatic heterocycles. The molecular weight excluding hydrogens is 251 g/mol. The standard InChI is InChI=1S/C13H14B2FNO.C2H6/c1-8-4-2-3-5-10(8)11(14)12(18)17-9-6-13(15,16)7-9;1-2/h2-5,9,11H,6-7H2,1H3,(H,17,18);1-2H3. The predicted octanol–water partition coefficient (Wildman–Crippen LogP) is 2.34. The summed E-state index contributed by atoms with van der Waals surface area (Å²) < 4.78 is 13.1. The monoisotopic (exact) mass is 271 g/mol. The summed E-state index contributed by atoms with van der Waals surface area (Å²) in [5.41, 5.74) is 0.117. The van der Waals surface area contributed by atoms with Gasteiger partial charge in [0, 0.05) is 11.9 Å². The summed E-state index contributed by atoms with van der Waals surface area (Å²) in [5.74, 6) is -1.01. The third-order valence-corrected chi connectivity index (χ3v) is 3.32. The van der Waals surface area contributed by atoms with Crippen molar-refractivity contribution in [3.8, 4) is 0 Å². The Morgan fingerprint density at radius 2 is 1.95 bits per heavy atom. The lowest BCUT2D eigenvalue weighted by atomic mass is 9.64. The van der Waals surface area contributed by atoms with Crippen molar-refractivity contribution in [3.63, 3.8) is 0 Å². The lowest BCUT2D eigenvalue weighted by molar-refractivity contribution is -0.122. The van der Waals surface area contributed by atoms with Crippen molar-refractivity contribution in [2.75, 3.05) is 0 Å². The maximum atomic E-state index is 13.1. The van der Waals surface area contributed by atoms with E-state index < -0.39 is 11.4 Å². The van der Waals surface area contributed by atoms with Crippen LogP contribution in [0.15, 0.2) is 24.3 Å². The minimum Gasteiger partial charge on any atom is -0.353 e. The van der Waals surface area contributed by atoms with E-state index in [9.17, 15) is 9.18 Å². The van der Waals surface area contributed by atoms with Crippen LogP contribution in [0, 0.1) is 6.92 Å². The zero-order chi connectivity index (χ0) is 15.3. The summed E-state index contributed by atoms with van der Waals surface area (Å²) in [6.07, 6.45) is 0.304. The molecule has 1 aromatic rings. The van der Waals surface area contributed by atoms with Crippen LogP contribution in [-0.2, 0) is 4.79 Å². The van der Waals surface area contributed by atoms with Gasteiger partial charge in [-0.2, -0.15) is 0 Å². The van der Waals surface area contributed by atoms with Crippen LogP contribution >= 0.6 is 0 Å². The van der Waals surface area contributed by atoms with Crippen molar-refractivity contribution in [1.29, 1.82) is 0 Å². The Labute approximate surface area is 123 Å². The smallest absolute Gasteiger partial charge is 0.218 e. The Balaban J connectivity index is 0.000000956. The van der Waals surface area contributed by atoms with Crippen LogP contribution in [0.2, 0.25) is 0 Å². The molecule has 0 bridgehead atoms. The highest BCUT2D eigenvalue weighted by molar-refractivity contribution is 6.24. The molecule has 5 heteroatoms. The number of aryl methyl sites for hydroxylation is 1. The molecular formula is C15H20B2FNO. The van der Waals surface area contributed by atoms with Crippen molar-refractivity contribution in [3.05, 3.63) is 35.4 Å². The molecule has 4 radical (unpaired) electrons. The molecule has 1 fully saturated rings. The fourth-order valence-corrected chi connectivity index (χ4v) is 2.23. The zero-order valence-electron chi connectivity index (χ0n) is 12.3. The van der Waals surface area contributed by atoms with Gasteiger partial charge >= 0.3 is 0 Å². The number of carbonyl (C=O) groups excluding carboxylic acids is 1. The molecule has 1 aliphatic carbocycles. The van der Waals surface area contributed by atoms with Crippen LogP contribution in [0.3, 0.4) is 0 Å². The highest BCUT2D eigenvalue weighted by atomic mass is 19.1. The van der Waals surface area contributed by atoms with Crippen LogP contribution < -0.4 is 5.32 Å². The first-order chi connectivity index (χ1) is 9.39. The molecule has 20 heavy (non-hydrogen) atoms. The van der Waals surface area contributed by atoms with Gasteiger partial charge in [-0.1, -0.05) is 38.1 Å². The average molecular weight is 271 g/mol. The number of nitrogens with one attached hydrogen (secondary N) is 1. The Morgan fingerprint density at radius 3 is 2.45 bits per heavy atom. The summed E-state index contributed by atoms with van der Waals surface area (Å²) >= 11 is 0. The Morgan fingerprint density at radius 1 is 1.40 bits per heavy atom. The van der Waals surface area contributed by atoms with Crippen LogP contribution in [0.25, 0.3) is 0 Å². The van der Waals surface area contributed by atoms with E-state index in [2.05, 4.69) is 5.32 Å². The van der Waals surface area contributed by atoms with Crippen LogP contribution in [0.1, 0.15) is 43.6 Å². The highest BCUT2D eigenvalue weighted by Crippen LogP contribution is 2.33. The van der Waals surface area contributed by atoms with E-state index in [1.807, 2.05) is 45.0 Å². The van der Waals surface area contributed by atoms with Crippen molar-refractivity contribution in [1.82, 2.24) is 5.32 Å². The van der Waals surface area contributed by atoms with E-state index in [1.54, 1.807) is 0 Å². The van der Waals surface area contributed by atoms with Gasteiger partial charge in [0.05, 0.1) is 13.4 Å². The molecule has 1 N–H and O–H groups in total. The zero-order valence-corrected chi connectivity index (χ0v) is 12.3. The molecule has 1 aliphatic rings. The number of amides is 1. The molecule has 1 saturated carbocycles.